The molecule has 8 heteroatoms. The zero-order valence-corrected chi connectivity index (χ0v) is 20.3. The van der Waals surface area contributed by atoms with Crippen molar-refractivity contribution in [3.63, 3.8) is 0 Å². The Morgan fingerprint density at radius 3 is 1.34 bits per heavy atom. The van der Waals surface area contributed by atoms with Gasteiger partial charge in [0.05, 0.1) is 5.69 Å². The molecule has 0 atom stereocenters. The maximum Gasteiger partial charge on any atom is 0.0765 e. The summed E-state index contributed by atoms with van der Waals surface area (Å²) in [7, 11) is 17.1. The molecule has 0 aliphatic heterocycles. The summed E-state index contributed by atoms with van der Waals surface area (Å²) in [5, 5.41) is 7.89. The van der Waals surface area contributed by atoms with Crippen LogP contribution in [0.3, 0.4) is 0 Å². The van der Waals surface area contributed by atoms with E-state index in [-0.39, 0.29) is 0 Å². The van der Waals surface area contributed by atoms with E-state index in [0.29, 0.717) is 0 Å². The first kappa shape index (κ1) is 26.0. The molecule has 0 aliphatic carbocycles. The van der Waals surface area contributed by atoms with Crippen molar-refractivity contribution in [1.29, 1.82) is 0 Å². The first-order valence-electron chi connectivity index (χ1n) is 10.7. The van der Waals surface area contributed by atoms with E-state index in [1.54, 1.807) is 0 Å². The minimum absolute atomic E-state index is 0.896. The Balaban J connectivity index is 2.66. The fraction of sp³-hybridized carbons (Fsp3) is 0.857. The molecule has 0 spiro atoms. The topological polar surface area (TPSA) is 48.1 Å². The summed E-state index contributed by atoms with van der Waals surface area (Å²) in [5.74, 6) is 0. The minimum Gasteiger partial charge on any atom is -0.308 e. The third-order valence-corrected chi connectivity index (χ3v) is 4.92. The van der Waals surface area contributed by atoms with Crippen LogP contribution in [0.15, 0.2) is 6.07 Å². The first-order valence-corrected chi connectivity index (χ1v) is 10.7. The van der Waals surface area contributed by atoms with Crippen molar-refractivity contribution >= 4 is 0 Å². The standard InChI is InChI=1S/C21H46N8/c1-24(2)9-13-28(14-10-25(3)4)18-20-17-21(23-22-20)19-29(15-11-26(5)6)16-12-27(7)8/h17H,9-16,18-19H2,1-8H3,(H,22,23). The van der Waals surface area contributed by atoms with Crippen molar-refractivity contribution in [3.8, 4) is 0 Å². The summed E-state index contributed by atoms with van der Waals surface area (Å²) in [4.78, 5) is 14.0. The molecule has 1 heterocycles. The van der Waals surface area contributed by atoms with Crippen LogP contribution < -0.4 is 0 Å². The van der Waals surface area contributed by atoms with Crippen molar-refractivity contribution in [3.05, 3.63) is 17.5 Å². The van der Waals surface area contributed by atoms with Crippen molar-refractivity contribution in [2.75, 3.05) is 109 Å². The average molecular weight is 411 g/mol. The molecule has 0 bridgehead atoms. The van der Waals surface area contributed by atoms with Crippen molar-refractivity contribution in [2.45, 2.75) is 13.1 Å². The predicted molar refractivity (Wildman–Crippen MR) is 123 cm³/mol. The quantitative estimate of drug-likeness (QED) is 0.419. The Labute approximate surface area is 179 Å². The molecule has 0 saturated carbocycles. The Morgan fingerprint density at radius 2 is 0.966 bits per heavy atom. The van der Waals surface area contributed by atoms with E-state index in [1.165, 1.54) is 5.69 Å². The number of aromatic amines is 1. The first-order chi connectivity index (χ1) is 13.7. The molecular formula is C21H46N8. The summed E-state index contributed by atoms with van der Waals surface area (Å²) in [5.41, 5.74) is 2.34. The normalized spacial score (nSPS) is 12.6. The molecule has 0 saturated heterocycles. The molecular weight excluding hydrogens is 364 g/mol. The van der Waals surface area contributed by atoms with Crippen molar-refractivity contribution < 1.29 is 0 Å². The van der Waals surface area contributed by atoms with Crippen LogP contribution in [0.2, 0.25) is 0 Å². The Bertz CT molecular complexity index is 458. The van der Waals surface area contributed by atoms with Gasteiger partial charge in [0, 0.05) is 71.1 Å². The SMILES string of the molecule is CN(C)CCN(CCN(C)C)Cc1cc(CN(CCN(C)C)CCN(C)C)[nH]n1. The molecule has 170 valence electrons. The fourth-order valence-electron chi connectivity index (χ4n) is 2.95. The van der Waals surface area contributed by atoms with Gasteiger partial charge < -0.3 is 19.6 Å². The Hall–Kier alpha value is -1.03. The number of likely N-dealkylation sites (N-methyl/N-ethyl adjacent to an activating group) is 4. The fourth-order valence-corrected chi connectivity index (χ4v) is 2.95. The monoisotopic (exact) mass is 410 g/mol. The van der Waals surface area contributed by atoms with Crippen LogP contribution in [0.25, 0.3) is 0 Å². The summed E-state index contributed by atoms with van der Waals surface area (Å²) in [6, 6.07) is 2.25. The largest absolute Gasteiger partial charge is 0.308 e. The van der Waals surface area contributed by atoms with Crippen molar-refractivity contribution in [1.82, 2.24) is 39.6 Å². The number of rotatable bonds is 16. The van der Waals surface area contributed by atoms with Crippen LogP contribution in [-0.2, 0) is 13.1 Å². The van der Waals surface area contributed by atoms with Crippen LogP contribution >= 0.6 is 0 Å². The van der Waals surface area contributed by atoms with Crippen LogP contribution in [-0.4, -0.2) is 148 Å². The number of hydrogen-bond acceptors (Lipinski definition) is 7. The second kappa shape index (κ2) is 14.1. The number of H-pyrrole nitrogens is 1. The van der Waals surface area contributed by atoms with E-state index in [9.17, 15) is 0 Å². The Kier molecular flexibility index (Phi) is 12.6. The number of nitrogens with one attached hydrogen (secondary N) is 1. The average Bonchev–Trinajstić information content (AvgIpc) is 3.06. The second-order valence-electron chi connectivity index (χ2n) is 9.15. The smallest absolute Gasteiger partial charge is 0.0765 e. The molecule has 0 aliphatic rings. The van der Waals surface area contributed by atoms with Gasteiger partial charge in [-0.25, -0.2) is 0 Å². The molecule has 0 fully saturated rings. The highest BCUT2D eigenvalue weighted by molar-refractivity contribution is 5.08. The maximum absolute atomic E-state index is 4.61. The summed E-state index contributed by atoms with van der Waals surface area (Å²) < 4.78 is 0. The molecule has 8 nitrogen and oxygen atoms in total. The van der Waals surface area contributed by atoms with Gasteiger partial charge in [0.1, 0.15) is 0 Å². The van der Waals surface area contributed by atoms with Gasteiger partial charge in [-0.15, -0.1) is 0 Å². The molecule has 29 heavy (non-hydrogen) atoms. The van der Waals surface area contributed by atoms with Gasteiger partial charge in [-0.1, -0.05) is 0 Å². The molecule has 0 aromatic carbocycles. The maximum atomic E-state index is 4.61. The number of nitrogens with zero attached hydrogens (tertiary/aromatic N) is 7. The minimum atomic E-state index is 0.896. The van der Waals surface area contributed by atoms with Gasteiger partial charge in [-0.05, 0) is 62.4 Å². The molecule has 1 aromatic rings. The second-order valence-corrected chi connectivity index (χ2v) is 9.15. The molecule has 0 amide bonds. The van der Waals surface area contributed by atoms with Gasteiger partial charge in [0.15, 0.2) is 0 Å². The van der Waals surface area contributed by atoms with E-state index in [0.717, 1.165) is 71.1 Å². The molecule has 0 unspecified atom stereocenters. The highest BCUT2D eigenvalue weighted by Gasteiger charge is 2.13. The zero-order valence-electron chi connectivity index (χ0n) is 20.3. The third kappa shape index (κ3) is 13.0. The lowest BCUT2D eigenvalue weighted by molar-refractivity contribution is 0.209. The predicted octanol–water partition coefficient (Wildman–Crippen LogP) is 0.260. The van der Waals surface area contributed by atoms with Crippen LogP contribution in [0.4, 0.5) is 0 Å². The summed E-state index contributed by atoms with van der Waals surface area (Å²) in [6.45, 7) is 10.3. The van der Waals surface area contributed by atoms with Gasteiger partial charge in [0.25, 0.3) is 0 Å². The van der Waals surface area contributed by atoms with E-state index >= 15 is 0 Å². The van der Waals surface area contributed by atoms with Crippen molar-refractivity contribution in [2.24, 2.45) is 0 Å². The highest BCUT2D eigenvalue weighted by Crippen LogP contribution is 2.08. The number of hydrogen-bond donors (Lipinski definition) is 1. The molecule has 1 aromatic heterocycles. The highest BCUT2D eigenvalue weighted by atomic mass is 15.2. The van der Waals surface area contributed by atoms with E-state index < -0.39 is 0 Å². The van der Waals surface area contributed by atoms with Crippen LogP contribution in [0, 0.1) is 0 Å². The van der Waals surface area contributed by atoms with E-state index in [1.807, 2.05) is 0 Å². The van der Waals surface area contributed by atoms with Gasteiger partial charge in [0.2, 0.25) is 0 Å². The lowest BCUT2D eigenvalue weighted by Crippen LogP contribution is -2.36. The van der Waals surface area contributed by atoms with Gasteiger partial charge >= 0.3 is 0 Å². The summed E-state index contributed by atoms with van der Waals surface area (Å²) >= 11 is 0. The Morgan fingerprint density at radius 1 is 0.586 bits per heavy atom. The molecule has 1 rings (SSSR count). The lowest BCUT2D eigenvalue weighted by Gasteiger charge is -2.25. The van der Waals surface area contributed by atoms with Crippen LogP contribution in [0.1, 0.15) is 11.4 Å². The van der Waals surface area contributed by atoms with E-state index in [2.05, 4.69) is 102 Å². The lowest BCUT2D eigenvalue weighted by atomic mass is 10.3. The molecule has 1 N–H and O–H groups in total. The third-order valence-electron chi connectivity index (χ3n) is 4.92. The molecule has 0 radical (unpaired) electrons. The van der Waals surface area contributed by atoms with Gasteiger partial charge in [-0.3, -0.25) is 14.9 Å². The van der Waals surface area contributed by atoms with Crippen LogP contribution in [0.5, 0.6) is 0 Å². The van der Waals surface area contributed by atoms with E-state index in [4.69, 9.17) is 0 Å². The zero-order chi connectivity index (χ0) is 21.8. The summed E-state index contributed by atoms with van der Waals surface area (Å²) in [6.07, 6.45) is 0. The number of aromatic nitrogens is 2. The van der Waals surface area contributed by atoms with Gasteiger partial charge in [-0.2, -0.15) is 5.10 Å².